The number of carbonyl (C=O) groups excluding carboxylic acids is 6. The van der Waals surface area contributed by atoms with E-state index in [2.05, 4.69) is 23.7 Å². The average molecular weight is 763 g/mol. The van der Waals surface area contributed by atoms with Gasteiger partial charge in [-0.1, -0.05) is 20.8 Å². The third-order valence-corrected chi connectivity index (χ3v) is 6.33. The molecule has 298 valence electrons. The van der Waals surface area contributed by atoms with E-state index in [0.717, 1.165) is 0 Å². The van der Waals surface area contributed by atoms with Crippen molar-refractivity contribution in [1.82, 2.24) is 0 Å². The van der Waals surface area contributed by atoms with Crippen LogP contribution in [0.3, 0.4) is 0 Å². The van der Waals surface area contributed by atoms with Crippen molar-refractivity contribution in [3.8, 4) is 0 Å². The molecule has 0 N–H and O–H groups in total. The zero-order valence-corrected chi connectivity index (χ0v) is 29.8. The van der Waals surface area contributed by atoms with Crippen molar-refractivity contribution >= 4 is 35.8 Å². The summed E-state index contributed by atoms with van der Waals surface area (Å²) < 4.78 is 134. The van der Waals surface area contributed by atoms with E-state index in [1.54, 1.807) is 34.6 Å². The number of hydrogen-bond donors (Lipinski definition) is 0. The highest BCUT2D eigenvalue weighted by molar-refractivity contribution is 5.83. The van der Waals surface area contributed by atoms with Crippen molar-refractivity contribution < 1.29 is 92.3 Å². The first-order chi connectivity index (χ1) is 23.0. The van der Waals surface area contributed by atoms with Gasteiger partial charge < -0.3 is 28.4 Å². The van der Waals surface area contributed by atoms with Crippen molar-refractivity contribution in [2.24, 2.45) is 11.3 Å². The van der Waals surface area contributed by atoms with E-state index in [1.807, 2.05) is 0 Å². The van der Waals surface area contributed by atoms with Crippen molar-refractivity contribution in [3.63, 3.8) is 0 Å². The van der Waals surface area contributed by atoms with Gasteiger partial charge in [-0.15, -0.1) is 0 Å². The van der Waals surface area contributed by atoms with Crippen LogP contribution in [0.25, 0.3) is 0 Å². The first kappa shape index (κ1) is 49.4. The Morgan fingerprint density at radius 3 is 1.08 bits per heavy atom. The molecule has 0 saturated carbocycles. The molecule has 20 heteroatoms. The summed E-state index contributed by atoms with van der Waals surface area (Å²) in [6.07, 6.45) is -5.66. The van der Waals surface area contributed by atoms with Crippen molar-refractivity contribution in [1.29, 1.82) is 0 Å². The Labute approximate surface area is 290 Å². The Morgan fingerprint density at radius 2 is 0.784 bits per heavy atom. The van der Waals surface area contributed by atoms with E-state index >= 15 is 0 Å². The minimum atomic E-state index is -4.62. The van der Waals surface area contributed by atoms with Crippen LogP contribution in [0, 0.1) is 11.3 Å². The molecular weight excluding hydrogens is 716 g/mol. The molecule has 0 rings (SSSR count). The molecule has 0 spiro atoms. The van der Waals surface area contributed by atoms with Crippen molar-refractivity contribution in [2.75, 3.05) is 26.4 Å². The van der Waals surface area contributed by atoms with Crippen LogP contribution in [0.15, 0.2) is 0 Å². The third kappa shape index (κ3) is 18.9. The number of carbonyl (C=O) groups is 6. The first-order valence-electron chi connectivity index (χ1n) is 15.6. The molecule has 0 aromatic rings. The fourth-order valence-corrected chi connectivity index (χ4v) is 2.85. The van der Waals surface area contributed by atoms with E-state index < -0.39 is 122 Å². The maximum atomic E-state index is 13.6. The Hall–Kier alpha value is -3.74. The molecule has 0 aromatic heterocycles. The fourth-order valence-electron chi connectivity index (χ4n) is 2.85. The highest BCUT2D eigenvalue weighted by Gasteiger charge is 2.56. The topological polar surface area (TPSA) is 158 Å². The number of halogens is 8. The van der Waals surface area contributed by atoms with E-state index in [1.165, 1.54) is 27.7 Å². The minimum absolute atomic E-state index is 0.414. The van der Waals surface area contributed by atoms with Gasteiger partial charge in [0.05, 0.1) is 36.4 Å². The van der Waals surface area contributed by atoms with Gasteiger partial charge in [0.1, 0.15) is 26.4 Å². The van der Waals surface area contributed by atoms with Crippen LogP contribution in [0.2, 0.25) is 0 Å². The van der Waals surface area contributed by atoms with Crippen LogP contribution in [-0.4, -0.2) is 98.1 Å². The SMILES string of the molecule is CCC(C)(C)C(=O)OCCOC(=O)C(F)(F)CC(F)(F)C(=O)OC(C)C.CCC(C)C(=O)OCCOC(=O)C(F)(F)CC(F)(F)C(=O)OC(C)C. The van der Waals surface area contributed by atoms with E-state index in [0.29, 0.717) is 12.8 Å². The van der Waals surface area contributed by atoms with E-state index in [-0.39, 0.29) is 0 Å². The molecule has 0 heterocycles. The zero-order chi connectivity index (χ0) is 40.6. The van der Waals surface area contributed by atoms with Gasteiger partial charge in [-0.3, -0.25) is 9.59 Å². The highest BCUT2D eigenvalue weighted by atomic mass is 19.3. The lowest BCUT2D eigenvalue weighted by molar-refractivity contribution is -0.199. The van der Waals surface area contributed by atoms with Crippen LogP contribution in [-0.2, 0) is 57.2 Å². The molecule has 0 fully saturated rings. The minimum Gasteiger partial charge on any atom is -0.462 e. The first-order valence-corrected chi connectivity index (χ1v) is 15.6. The molecule has 0 bridgehead atoms. The van der Waals surface area contributed by atoms with Crippen LogP contribution >= 0.6 is 0 Å². The van der Waals surface area contributed by atoms with Gasteiger partial charge in [-0.05, 0) is 54.4 Å². The molecule has 1 atom stereocenters. The maximum absolute atomic E-state index is 13.6. The van der Waals surface area contributed by atoms with Gasteiger partial charge in [-0.2, -0.15) is 35.1 Å². The standard InChI is InChI=1S/C16H24F4O6.C15H22F4O6/c1-6-14(4,5)11(21)24-7-8-25-12(22)15(17,18)9-16(19,20)13(23)26-10(2)3;1-5-10(4)11(20)23-6-7-24-12(21)14(16,17)8-15(18,19)13(22)25-9(2)3/h10H,6-9H2,1-5H3;9-10H,5-8H2,1-4H3. The lowest BCUT2D eigenvalue weighted by Gasteiger charge is -2.22. The van der Waals surface area contributed by atoms with Crippen molar-refractivity contribution in [2.45, 2.75) is 124 Å². The van der Waals surface area contributed by atoms with Crippen LogP contribution in [0.5, 0.6) is 0 Å². The number of esters is 6. The molecule has 12 nitrogen and oxygen atoms in total. The monoisotopic (exact) mass is 762 g/mol. The largest absolute Gasteiger partial charge is 0.462 e. The second-order valence-corrected chi connectivity index (χ2v) is 12.2. The predicted molar refractivity (Wildman–Crippen MR) is 159 cm³/mol. The second-order valence-electron chi connectivity index (χ2n) is 12.2. The van der Waals surface area contributed by atoms with E-state index in [9.17, 15) is 63.9 Å². The molecule has 0 aromatic carbocycles. The molecule has 0 amide bonds. The Bertz CT molecular complexity index is 1170. The molecule has 0 radical (unpaired) electrons. The summed E-state index contributed by atoms with van der Waals surface area (Å²) in [5.74, 6) is -28.8. The third-order valence-electron chi connectivity index (χ3n) is 6.33. The van der Waals surface area contributed by atoms with Gasteiger partial charge in [0.2, 0.25) is 0 Å². The lowest BCUT2D eigenvalue weighted by Crippen LogP contribution is -2.43. The summed E-state index contributed by atoms with van der Waals surface area (Å²) in [6.45, 7) is 10.9. The van der Waals surface area contributed by atoms with Gasteiger partial charge in [-0.25, -0.2) is 19.2 Å². The van der Waals surface area contributed by atoms with Gasteiger partial charge in [0.15, 0.2) is 0 Å². The molecule has 51 heavy (non-hydrogen) atoms. The lowest BCUT2D eigenvalue weighted by atomic mass is 9.91. The normalized spacial score (nSPS) is 13.0. The summed E-state index contributed by atoms with van der Waals surface area (Å²) in [6, 6.07) is 0. The maximum Gasteiger partial charge on any atom is 0.377 e. The number of hydrogen-bond acceptors (Lipinski definition) is 12. The summed E-state index contributed by atoms with van der Waals surface area (Å²) in [5.41, 5.74) is -0.799. The molecule has 0 saturated heterocycles. The summed E-state index contributed by atoms with van der Waals surface area (Å²) in [7, 11) is 0. The molecule has 0 aliphatic rings. The van der Waals surface area contributed by atoms with E-state index in [4.69, 9.17) is 4.74 Å². The second kappa shape index (κ2) is 20.9. The molecule has 1 unspecified atom stereocenters. The summed E-state index contributed by atoms with van der Waals surface area (Å²) >= 11 is 0. The van der Waals surface area contributed by atoms with Gasteiger partial charge >= 0.3 is 59.5 Å². The smallest absolute Gasteiger partial charge is 0.377 e. The van der Waals surface area contributed by atoms with Crippen LogP contribution in [0.1, 0.15) is 88.0 Å². The number of rotatable bonds is 20. The summed E-state index contributed by atoms with van der Waals surface area (Å²) in [4.78, 5) is 67.6. The quantitative estimate of drug-likeness (QED) is 0.0632. The van der Waals surface area contributed by atoms with Crippen LogP contribution < -0.4 is 0 Å². The van der Waals surface area contributed by atoms with Crippen molar-refractivity contribution in [3.05, 3.63) is 0 Å². The molecule has 0 aliphatic heterocycles. The van der Waals surface area contributed by atoms with Crippen LogP contribution in [0.4, 0.5) is 35.1 Å². The molecule has 0 aliphatic carbocycles. The number of ether oxygens (including phenoxy) is 6. The Balaban J connectivity index is 0. The number of alkyl halides is 8. The van der Waals surface area contributed by atoms with Gasteiger partial charge in [0.25, 0.3) is 0 Å². The summed E-state index contributed by atoms with van der Waals surface area (Å²) in [5, 5.41) is 0. The Morgan fingerprint density at radius 1 is 0.490 bits per heavy atom. The predicted octanol–water partition coefficient (Wildman–Crippen LogP) is 5.85. The van der Waals surface area contributed by atoms with Gasteiger partial charge in [0, 0.05) is 0 Å². The Kier molecular flexibility index (Phi) is 20.3. The fraction of sp³-hybridized carbons (Fsp3) is 0.806. The zero-order valence-electron chi connectivity index (χ0n) is 29.8. The molecular formula is C31H46F8O12. The average Bonchev–Trinajstić information content (AvgIpc) is 2.98. The highest BCUT2D eigenvalue weighted by Crippen LogP contribution is 2.34.